The summed E-state index contributed by atoms with van der Waals surface area (Å²) in [5.74, 6) is 3.00. The standard InChI is InChI=1S/C13H12ClN3O/c1-9-2-3-10(18-9)8-17-12-4-5-15-7-11(12)16-13(17)6-14/h2-5,7H,6,8H2,1H3. The van der Waals surface area contributed by atoms with Crippen LogP contribution >= 0.6 is 11.6 Å². The summed E-state index contributed by atoms with van der Waals surface area (Å²) >= 11 is 5.94. The summed E-state index contributed by atoms with van der Waals surface area (Å²) in [7, 11) is 0. The summed E-state index contributed by atoms with van der Waals surface area (Å²) in [5.41, 5.74) is 1.88. The first-order chi connectivity index (χ1) is 8.78. The molecule has 0 unspecified atom stereocenters. The molecule has 0 aliphatic heterocycles. The third-order valence-electron chi connectivity index (χ3n) is 2.86. The van der Waals surface area contributed by atoms with Crippen LogP contribution in [0.4, 0.5) is 0 Å². The average Bonchev–Trinajstić information content (AvgIpc) is 2.94. The highest BCUT2D eigenvalue weighted by atomic mass is 35.5. The Balaban J connectivity index is 2.09. The quantitative estimate of drug-likeness (QED) is 0.681. The molecule has 0 saturated heterocycles. The number of aromatic nitrogens is 3. The van der Waals surface area contributed by atoms with E-state index in [1.165, 1.54) is 0 Å². The molecule has 92 valence electrons. The maximum atomic E-state index is 5.94. The van der Waals surface area contributed by atoms with E-state index in [1.807, 2.05) is 25.1 Å². The lowest BCUT2D eigenvalue weighted by Crippen LogP contribution is -2.02. The fourth-order valence-corrected chi connectivity index (χ4v) is 2.24. The third kappa shape index (κ3) is 1.88. The number of rotatable bonds is 3. The Morgan fingerprint density at radius 1 is 1.33 bits per heavy atom. The van der Waals surface area contributed by atoms with Gasteiger partial charge in [0, 0.05) is 6.20 Å². The molecule has 3 heterocycles. The molecule has 0 radical (unpaired) electrons. The lowest BCUT2D eigenvalue weighted by Gasteiger charge is -2.05. The predicted molar refractivity (Wildman–Crippen MR) is 69.6 cm³/mol. The van der Waals surface area contributed by atoms with Crippen molar-refractivity contribution in [3.63, 3.8) is 0 Å². The zero-order valence-corrected chi connectivity index (χ0v) is 10.7. The number of furan rings is 1. The van der Waals surface area contributed by atoms with E-state index < -0.39 is 0 Å². The highest BCUT2D eigenvalue weighted by Gasteiger charge is 2.11. The summed E-state index contributed by atoms with van der Waals surface area (Å²) in [4.78, 5) is 8.53. The molecule has 0 spiro atoms. The van der Waals surface area contributed by atoms with Gasteiger partial charge in [0.05, 0.1) is 24.1 Å². The highest BCUT2D eigenvalue weighted by molar-refractivity contribution is 6.16. The highest BCUT2D eigenvalue weighted by Crippen LogP contribution is 2.19. The number of pyridine rings is 1. The average molecular weight is 262 g/mol. The van der Waals surface area contributed by atoms with E-state index >= 15 is 0 Å². The first-order valence-electron chi connectivity index (χ1n) is 5.68. The summed E-state index contributed by atoms with van der Waals surface area (Å²) in [6.45, 7) is 2.57. The molecule has 0 bridgehead atoms. The molecule has 3 aromatic rings. The first-order valence-corrected chi connectivity index (χ1v) is 6.22. The number of aryl methyl sites for hydroxylation is 1. The van der Waals surface area contributed by atoms with Crippen LogP contribution in [0.2, 0.25) is 0 Å². The fraction of sp³-hybridized carbons (Fsp3) is 0.231. The Hall–Kier alpha value is -1.81. The number of nitrogens with zero attached hydrogens (tertiary/aromatic N) is 3. The number of fused-ring (bicyclic) bond motifs is 1. The normalized spacial score (nSPS) is 11.2. The van der Waals surface area contributed by atoms with Crippen LogP contribution in [0, 0.1) is 6.92 Å². The minimum atomic E-state index is 0.369. The topological polar surface area (TPSA) is 43.9 Å². The summed E-state index contributed by atoms with van der Waals surface area (Å²) in [6, 6.07) is 5.87. The van der Waals surface area contributed by atoms with Crippen molar-refractivity contribution in [2.45, 2.75) is 19.3 Å². The fourth-order valence-electron chi connectivity index (χ4n) is 2.04. The molecule has 0 fully saturated rings. The van der Waals surface area contributed by atoms with Gasteiger partial charge in [-0.3, -0.25) is 4.98 Å². The number of halogens is 1. The Labute approximate surface area is 109 Å². The molecule has 0 aromatic carbocycles. The molecule has 3 rings (SSSR count). The molecule has 0 N–H and O–H groups in total. The van der Waals surface area contributed by atoms with Crippen molar-refractivity contribution in [3.8, 4) is 0 Å². The molecular formula is C13H12ClN3O. The Kier molecular flexibility index (Phi) is 2.80. The van der Waals surface area contributed by atoms with Gasteiger partial charge in [0.1, 0.15) is 22.9 Å². The van der Waals surface area contributed by atoms with Gasteiger partial charge in [-0.15, -0.1) is 11.6 Å². The minimum Gasteiger partial charge on any atom is -0.464 e. The molecule has 0 atom stereocenters. The number of imidazole rings is 1. The van der Waals surface area contributed by atoms with Crippen LogP contribution in [0.25, 0.3) is 11.0 Å². The molecule has 18 heavy (non-hydrogen) atoms. The van der Waals surface area contributed by atoms with Crippen LogP contribution in [0.5, 0.6) is 0 Å². The van der Waals surface area contributed by atoms with Crippen LogP contribution in [0.15, 0.2) is 35.0 Å². The van der Waals surface area contributed by atoms with Crippen LogP contribution in [-0.4, -0.2) is 14.5 Å². The van der Waals surface area contributed by atoms with Crippen molar-refractivity contribution >= 4 is 22.6 Å². The molecule has 0 aliphatic rings. The predicted octanol–water partition coefficient (Wildman–Crippen LogP) is 3.12. The van der Waals surface area contributed by atoms with E-state index in [1.54, 1.807) is 12.4 Å². The third-order valence-corrected chi connectivity index (χ3v) is 3.10. The molecule has 0 amide bonds. The first kappa shape index (κ1) is 11.3. The second-order valence-corrected chi connectivity index (χ2v) is 4.39. The van der Waals surface area contributed by atoms with Crippen LogP contribution in [0.3, 0.4) is 0 Å². The van der Waals surface area contributed by atoms with Crippen molar-refractivity contribution in [3.05, 3.63) is 47.9 Å². The van der Waals surface area contributed by atoms with E-state index in [2.05, 4.69) is 14.5 Å². The van der Waals surface area contributed by atoms with Crippen molar-refractivity contribution in [2.75, 3.05) is 0 Å². The van der Waals surface area contributed by atoms with E-state index in [9.17, 15) is 0 Å². The summed E-state index contributed by atoms with van der Waals surface area (Å²) in [6.07, 6.45) is 3.50. The van der Waals surface area contributed by atoms with Crippen molar-refractivity contribution < 1.29 is 4.42 Å². The van der Waals surface area contributed by atoms with Crippen LogP contribution in [-0.2, 0) is 12.4 Å². The molecule has 4 nitrogen and oxygen atoms in total. The largest absolute Gasteiger partial charge is 0.464 e. The monoisotopic (exact) mass is 261 g/mol. The Morgan fingerprint density at radius 3 is 2.94 bits per heavy atom. The van der Waals surface area contributed by atoms with Crippen molar-refractivity contribution in [1.29, 1.82) is 0 Å². The van der Waals surface area contributed by atoms with Crippen molar-refractivity contribution in [2.24, 2.45) is 0 Å². The Morgan fingerprint density at radius 2 is 2.22 bits per heavy atom. The van der Waals surface area contributed by atoms with E-state index in [4.69, 9.17) is 16.0 Å². The lowest BCUT2D eigenvalue weighted by atomic mass is 10.4. The number of hydrogen-bond donors (Lipinski definition) is 0. The second kappa shape index (κ2) is 4.46. The van der Waals surface area contributed by atoms with E-state index in [0.717, 1.165) is 28.4 Å². The van der Waals surface area contributed by atoms with Gasteiger partial charge in [0.25, 0.3) is 0 Å². The van der Waals surface area contributed by atoms with E-state index in [-0.39, 0.29) is 0 Å². The zero-order chi connectivity index (χ0) is 12.5. The van der Waals surface area contributed by atoms with Gasteiger partial charge in [0.2, 0.25) is 0 Å². The molecule has 3 aromatic heterocycles. The molecule has 0 saturated carbocycles. The van der Waals surface area contributed by atoms with Gasteiger partial charge in [0.15, 0.2) is 0 Å². The van der Waals surface area contributed by atoms with Gasteiger partial charge in [-0.05, 0) is 25.1 Å². The summed E-state index contributed by atoms with van der Waals surface area (Å²) < 4.78 is 7.66. The summed E-state index contributed by atoms with van der Waals surface area (Å²) in [5, 5.41) is 0. The van der Waals surface area contributed by atoms with Gasteiger partial charge < -0.3 is 8.98 Å². The van der Waals surface area contributed by atoms with Gasteiger partial charge >= 0.3 is 0 Å². The SMILES string of the molecule is Cc1ccc(Cn2c(CCl)nc3cnccc32)o1. The van der Waals surface area contributed by atoms with Crippen LogP contribution in [0.1, 0.15) is 17.3 Å². The maximum Gasteiger partial charge on any atom is 0.125 e. The van der Waals surface area contributed by atoms with Crippen molar-refractivity contribution in [1.82, 2.24) is 14.5 Å². The Bertz CT molecular complexity index is 686. The van der Waals surface area contributed by atoms with E-state index in [0.29, 0.717) is 12.4 Å². The minimum absolute atomic E-state index is 0.369. The molecule has 0 aliphatic carbocycles. The molecular weight excluding hydrogens is 250 g/mol. The number of hydrogen-bond acceptors (Lipinski definition) is 3. The number of alkyl halides is 1. The smallest absolute Gasteiger partial charge is 0.125 e. The molecule has 5 heteroatoms. The second-order valence-electron chi connectivity index (χ2n) is 4.12. The zero-order valence-electron chi connectivity index (χ0n) is 9.93. The van der Waals surface area contributed by atoms with Crippen LogP contribution < -0.4 is 0 Å². The maximum absolute atomic E-state index is 5.94. The van der Waals surface area contributed by atoms with Gasteiger partial charge in [-0.1, -0.05) is 0 Å². The lowest BCUT2D eigenvalue weighted by molar-refractivity contribution is 0.470. The van der Waals surface area contributed by atoms with Gasteiger partial charge in [-0.2, -0.15) is 0 Å². The van der Waals surface area contributed by atoms with Gasteiger partial charge in [-0.25, -0.2) is 4.98 Å².